The molecule has 3 N–H and O–H groups in total. The lowest BCUT2D eigenvalue weighted by Gasteiger charge is -2.31. The van der Waals surface area contributed by atoms with Gasteiger partial charge in [-0.2, -0.15) is 0 Å². The zero-order valence-electron chi connectivity index (χ0n) is 12.1. The fraction of sp³-hybridized carbons (Fsp3) is 0.533. The minimum atomic E-state index is -0.437. The molecule has 0 aliphatic heterocycles. The summed E-state index contributed by atoms with van der Waals surface area (Å²) in [5.41, 5.74) is 6.25. The van der Waals surface area contributed by atoms with Gasteiger partial charge in [0.25, 0.3) is 5.91 Å². The van der Waals surface area contributed by atoms with Crippen LogP contribution in [0, 0.1) is 18.7 Å². The van der Waals surface area contributed by atoms with Crippen molar-refractivity contribution in [2.24, 2.45) is 11.7 Å². The summed E-state index contributed by atoms with van der Waals surface area (Å²) in [6.45, 7) is 8.12. The van der Waals surface area contributed by atoms with E-state index in [1.807, 2.05) is 6.92 Å². The van der Waals surface area contributed by atoms with Gasteiger partial charge < -0.3 is 11.1 Å². The Morgan fingerprint density at radius 3 is 2.58 bits per heavy atom. The second-order valence-electron chi connectivity index (χ2n) is 5.78. The second kappa shape index (κ2) is 6.15. The highest BCUT2D eigenvalue weighted by atomic mass is 19.1. The molecule has 0 fully saturated rings. The first-order chi connectivity index (χ1) is 8.77. The fourth-order valence-electron chi connectivity index (χ4n) is 2.22. The molecular formula is C15H23FN2O. The average molecular weight is 266 g/mol. The maximum absolute atomic E-state index is 13.2. The van der Waals surface area contributed by atoms with Gasteiger partial charge in [0.2, 0.25) is 0 Å². The molecule has 0 radical (unpaired) electrons. The summed E-state index contributed by atoms with van der Waals surface area (Å²) < 4.78 is 13.2. The number of nitrogens with two attached hydrogens (primary N) is 1. The average Bonchev–Trinajstić information content (AvgIpc) is 2.31. The number of hydrogen-bond donors (Lipinski definition) is 2. The van der Waals surface area contributed by atoms with Crippen LogP contribution in [0.25, 0.3) is 0 Å². The Labute approximate surface area is 114 Å². The molecule has 0 bridgehead atoms. The van der Waals surface area contributed by atoms with Gasteiger partial charge >= 0.3 is 0 Å². The van der Waals surface area contributed by atoms with E-state index in [0.29, 0.717) is 23.6 Å². The first kappa shape index (κ1) is 15.6. The molecule has 0 aromatic heterocycles. The molecule has 1 aromatic rings. The molecule has 1 rings (SSSR count). The van der Waals surface area contributed by atoms with Crippen LogP contribution in [0.15, 0.2) is 18.2 Å². The van der Waals surface area contributed by atoms with Gasteiger partial charge in [-0.1, -0.05) is 13.8 Å². The van der Waals surface area contributed by atoms with Gasteiger partial charge in [-0.15, -0.1) is 0 Å². The molecule has 106 valence electrons. The Kier molecular flexibility index (Phi) is 5.06. The third kappa shape index (κ3) is 4.31. The van der Waals surface area contributed by atoms with E-state index < -0.39 is 5.54 Å². The molecule has 0 spiro atoms. The molecule has 0 saturated carbocycles. The van der Waals surface area contributed by atoms with Crippen LogP contribution in [0.4, 0.5) is 4.39 Å². The van der Waals surface area contributed by atoms with Gasteiger partial charge in [-0.3, -0.25) is 4.79 Å². The molecule has 1 unspecified atom stereocenters. The molecule has 0 saturated heterocycles. The van der Waals surface area contributed by atoms with Crippen molar-refractivity contribution < 1.29 is 9.18 Å². The van der Waals surface area contributed by atoms with Gasteiger partial charge in [-0.25, -0.2) is 4.39 Å². The molecule has 1 amide bonds. The first-order valence-corrected chi connectivity index (χ1v) is 6.56. The highest BCUT2D eigenvalue weighted by Crippen LogP contribution is 2.17. The van der Waals surface area contributed by atoms with Crippen molar-refractivity contribution in [3.05, 3.63) is 35.1 Å². The lowest BCUT2D eigenvalue weighted by atomic mass is 9.90. The number of hydrogen-bond acceptors (Lipinski definition) is 2. The molecular weight excluding hydrogens is 243 g/mol. The lowest BCUT2D eigenvalue weighted by Crippen LogP contribution is -2.52. The van der Waals surface area contributed by atoms with E-state index in [4.69, 9.17) is 5.73 Å². The van der Waals surface area contributed by atoms with E-state index in [1.54, 1.807) is 13.0 Å². The summed E-state index contributed by atoms with van der Waals surface area (Å²) in [7, 11) is 0. The Balaban J connectivity index is 2.85. The number of rotatable bonds is 5. The van der Waals surface area contributed by atoms with Gasteiger partial charge in [0.1, 0.15) is 5.82 Å². The summed E-state index contributed by atoms with van der Waals surface area (Å²) in [5.74, 6) is -0.0826. The second-order valence-corrected chi connectivity index (χ2v) is 5.78. The number of aryl methyl sites for hydroxylation is 1. The smallest absolute Gasteiger partial charge is 0.251 e. The maximum Gasteiger partial charge on any atom is 0.251 e. The van der Waals surface area contributed by atoms with Gasteiger partial charge in [-0.05, 0) is 49.9 Å². The fourth-order valence-corrected chi connectivity index (χ4v) is 2.22. The van der Waals surface area contributed by atoms with E-state index in [1.165, 1.54) is 12.1 Å². The number of carbonyl (C=O) groups excluding carboxylic acids is 1. The number of nitrogens with one attached hydrogen (secondary N) is 1. The molecule has 0 aliphatic rings. The van der Waals surface area contributed by atoms with E-state index in [-0.39, 0.29) is 11.7 Å². The summed E-state index contributed by atoms with van der Waals surface area (Å²) in [4.78, 5) is 12.2. The molecule has 19 heavy (non-hydrogen) atoms. The molecule has 3 nitrogen and oxygen atoms in total. The van der Waals surface area contributed by atoms with Crippen molar-refractivity contribution in [2.45, 2.75) is 39.7 Å². The largest absolute Gasteiger partial charge is 0.346 e. The van der Waals surface area contributed by atoms with Crippen molar-refractivity contribution in [3.63, 3.8) is 0 Å². The van der Waals surface area contributed by atoms with Crippen LogP contribution >= 0.6 is 0 Å². The molecule has 0 heterocycles. The van der Waals surface area contributed by atoms with Crippen LogP contribution < -0.4 is 11.1 Å². The first-order valence-electron chi connectivity index (χ1n) is 6.56. The Bertz CT molecular complexity index is 459. The minimum absolute atomic E-state index is 0.211. The third-order valence-electron chi connectivity index (χ3n) is 3.14. The molecule has 4 heteroatoms. The van der Waals surface area contributed by atoms with Crippen LogP contribution in [0.2, 0.25) is 0 Å². The van der Waals surface area contributed by atoms with E-state index >= 15 is 0 Å². The van der Waals surface area contributed by atoms with Crippen molar-refractivity contribution in [1.29, 1.82) is 0 Å². The standard InChI is InChI=1S/C15H23FN2O/c1-10(2)8-15(4,9-17)18-14(19)12-5-6-13(16)11(3)7-12/h5-7,10H,8-9,17H2,1-4H3,(H,18,19). The summed E-state index contributed by atoms with van der Waals surface area (Å²) in [6.07, 6.45) is 0.801. The van der Waals surface area contributed by atoms with Crippen LogP contribution in [0.5, 0.6) is 0 Å². The van der Waals surface area contributed by atoms with E-state index in [0.717, 1.165) is 6.42 Å². The van der Waals surface area contributed by atoms with E-state index in [2.05, 4.69) is 19.2 Å². The van der Waals surface area contributed by atoms with Crippen molar-refractivity contribution in [2.75, 3.05) is 6.54 Å². The van der Waals surface area contributed by atoms with Crippen molar-refractivity contribution in [3.8, 4) is 0 Å². The number of benzene rings is 1. The SMILES string of the molecule is Cc1cc(C(=O)NC(C)(CN)CC(C)C)ccc1F. The Morgan fingerprint density at radius 1 is 1.47 bits per heavy atom. The minimum Gasteiger partial charge on any atom is -0.346 e. The Hall–Kier alpha value is -1.42. The Morgan fingerprint density at radius 2 is 2.11 bits per heavy atom. The van der Waals surface area contributed by atoms with Gasteiger partial charge in [0, 0.05) is 17.6 Å². The predicted octanol–water partition coefficient (Wildman–Crippen LogP) is 2.63. The maximum atomic E-state index is 13.2. The van der Waals surface area contributed by atoms with Crippen LogP contribution in [-0.2, 0) is 0 Å². The lowest BCUT2D eigenvalue weighted by molar-refractivity contribution is 0.0898. The zero-order chi connectivity index (χ0) is 14.6. The third-order valence-corrected chi connectivity index (χ3v) is 3.14. The number of carbonyl (C=O) groups is 1. The van der Waals surface area contributed by atoms with Gasteiger partial charge in [0.15, 0.2) is 0 Å². The molecule has 0 aliphatic carbocycles. The molecule has 1 aromatic carbocycles. The van der Waals surface area contributed by atoms with Crippen molar-refractivity contribution in [1.82, 2.24) is 5.32 Å². The zero-order valence-corrected chi connectivity index (χ0v) is 12.1. The highest BCUT2D eigenvalue weighted by molar-refractivity contribution is 5.94. The summed E-state index contributed by atoms with van der Waals surface area (Å²) in [6, 6.07) is 4.35. The normalized spacial score (nSPS) is 14.3. The van der Waals surface area contributed by atoms with E-state index in [9.17, 15) is 9.18 Å². The van der Waals surface area contributed by atoms with Gasteiger partial charge in [0.05, 0.1) is 0 Å². The topological polar surface area (TPSA) is 55.1 Å². The number of amides is 1. The summed E-state index contributed by atoms with van der Waals surface area (Å²) >= 11 is 0. The highest BCUT2D eigenvalue weighted by Gasteiger charge is 2.26. The van der Waals surface area contributed by atoms with Crippen LogP contribution in [0.3, 0.4) is 0 Å². The monoisotopic (exact) mass is 266 g/mol. The van der Waals surface area contributed by atoms with Crippen LogP contribution in [0.1, 0.15) is 43.1 Å². The predicted molar refractivity (Wildman–Crippen MR) is 75.5 cm³/mol. The summed E-state index contributed by atoms with van der Waals surface area (Å²) in [5, 5.41) is 2.95. The van der Waals surface area contributed by atoms with Crippen LogP contribution in [-0.4, -0.2) is 18.0 Å². The quantitative estimate of drug-likeness (QED) is 0.860. The number of halogens is 1. The van der Waals surface area contributed by atoms with Crippen molar-refractivity contribution >= 4 is 5.91 Å². The molecule has 1 atom stereocenters.